The number of carbonyl (C=O) groups is 3. The highest BCUT2D eigenvalue weighted by molar-refractivity contribution is 6.22. The first-order valence-electron chi connectivity index (χ1n) is 14.1. The predicted molar refractivity (Wildman–Crippen MR) is 150 cm³/mol. The monoisotopic (exact) mass is 573 g/mol. The van der Waals surface area contributed by atoms with Crippen molar-refractivity contribution in [2.45, 2.75) is 56.5 Å². The van der Waals surface area contributed by atoms with Crippen LogP contribution < -0.4 is 5.73 Å². The van der Waals surface area contributed by atoms with Gasteiger partial charge in [0, 0.05) is 34.8 Å². The predicted octanol–water partition coefficient (Wildman–Crippen LogP) is 3.28. The lowest BCUT2D eigenvalue weighted by Gasteiger charge is -2.46. The van der Waals surface area contributed by atoms with Crippen LogP contribution in [0.1, 0.15) is 60.3 Å². The van der Waals surface area contributed by atoms with E-state index in [0.29, 0.717) is 30.4 Å². The Morgan fingerprint density at radius 3 is 2.52 bits per heavy atom. The zero-order chi connectivity index (χ0) is 30.1. The van der Waals surface area contributed by atoms with Crippen LogP contribution in [0.3, 0.4) is 0 Å². The van der Waals surface area contributed by atoms with E-state index in [2.05, 4.69) is 6.72 Å². The van der Waals surface area contributed by atoms with Gasteiger partial charge in [0.25, 0.3) is 11.6 Å². The van der Waals surface area contributed by atoms with Gasteiger partial charge >= 0.3 is 0 Å². The zero-order valence-corrected chi connectivity index (χ0v) is 22.9. The number of nitrogens with two attached hydrogens (primary N) is 1. The van der Waals surface area contributed by atoms with Crippen molar-refractivity contribution in [3.8, 4) is 5.75 Å². The second kappa shape index (κ2) is 9.84. The van der Waals surface area contributed by atoms with Crippen molar-refractivity contribution in [3.63, 3.8) is 0 Å². The van der Waals surface area contributed by atoms with Crippen molar-refractivity contribution in [1.29, 1.82) is 0 Å². The molecule has 0 radical (unpaired) electrons. The molecule has 0 aliphatic heterocycles. The molecule has 2 fully saturated rings. The Hall–Kier alpha value is -4.44. The maximum Gasteiger partial charge on any atom is 0.256 e. The number of aromatic hydroxyl groups is 1. The second-order valence-corrected chi connectivity index (χ2v) is 12.1. The van der Waals surface area contributed by atoms with Crippen LogP contribution in [-0.2, 0) is 27.2 Å². The fourth-order valence-electron chi connectivity index (χ4n) is 7.69. The number of phenols is 1. The number of benzene rings is 2. The molecule has 2 saturated carbocycles. The molecule has 42 heavy (non-hydrogen) atoms. The molecule has 2 aromatic carbocycles. The van der Waals surface area contributed by atoms with Gasteiger partial charge in [-0.3, -0.25) is 19.6 Å². The van der Waals surface area contributed by atoms with Gasteiger partial charge in [-0.2, -0.15) is 0 Å². The third kappa shape index (κ3) is 4.12. The van der Waals surface area contributed by atoms with Gasteiger partial charge in [0.1, 0.15) is 22.8 Å². The summed E-state index contributed by atoms with van der Waals surface area (Å²) in [6, 6.07) is 11.0. The number of hydrogen-bond donors (Lipinski definition) is 6. The minimum atomic E-state index is -2.57. The number of carbonyl (C=O) groups excluding carboxylic acids is 3. The summed E-state index contributed by atoms with van der Waals surface area (Å²) in [4.78, 5) is 38.1. The molecule has 10 heteroatoms. The van der Waals surface area contributed by atoms with Crippen molar-refractivity contribution in [1.82, 2.24) is 0 Å². The number of hydrogen-bond acceptors (Lipinski definition) is 8. The van der Waals surface area contributed by atoms with Crippen molar-refractivity contribution in [2.75, 3.05) is 0 Å². The van der Waals surface area contributed by atoms with Gasteiger partial charge in [-0.15, -0.1) is 0 Å². The number of ketones is 2. The summed E-state index contributed by atoms with van der Waals surface area (Å²) in [6.07, 6.45) is 3.62. The van der Waals surface area contributed by atoms with Crippen molar-refractivity contribution >= 4 is 35.6 Å². The minimum Gasteiger partial charge on any atom is -0.508 e. The van der Waals surface area contributed by atoms with E-state index in [1.165, 1.54) is 6.07 Å². The summed E-state index contributed by atoms with van der Waals surface area (Å²) in [6.45, 7) is 3.54. The molecule has 1 amide bonds. The number of Topliss-reactive ketones (excluding diaryl/α,β-unsaturated/α-hetero) is 2. The number of primary amides is 1. The Morgan fingerprint density at radius 1 is 1.05 bits per heavy atom. The van der Waals surface area contributed by atoms with Crippen LogP contribution in [0.25, 0.3) is 5.76 Å². The molecule has 0 aromatic heterocycles. The maximum absolute atomic E-state index is 13.7. The third-order valence-electron chi connectivity index (χ3n) is 9.73. The summed E-state index contributed by atoms with van der Waals surface area (Å²) < 4.78 is 0.848. The fraction of sp³-hybridized carbons (Fsp3) is 0.375. The highest BCUT2D eigenvalue weighted by Crippen LogP contribution is 2.52. The van der Waals surface area contributed by atoms with Crippen LogP contribution in [0, 0.1) is 17.8 Å². The van der Waals surface area contributed by atoms with E-state index < -0.39 is 52.0 Å². The number of fused-ring (bicyclic) bond motifs is 3. The van der Waals surface area contributed by atoms with Gasteiger partial charge in [-0.1, -0.05) is 18.2 Å². The van der Waals surface area contributed by atoms with Crippen LogP contribution in [0.5, 0.6) is 5.75 Å². The molecular formula is C32H33N2O8+. The van der Waals surface area contributed by atoms with Crippen LogP contribution >= 0.6 is 0 Å². The SMILES string of the molecule is C=[N+](O)c1cccc(C2CCC(Cc3ccc(O)c4c3C[C@H]3C[C@H]5CC(=O)C(C(N)=O)=C(O)[C@@]5(O)C(=O)C3=C4O)C2)c1. The fourth-order valence-corrected chi connectivity index (χ4v) is 7.69. The topological polar surface area (TPSA) is 181 Å². The number of rotatable bonds is 5. The van der Waals surface area contributed by atoms with E-state index in [-0.39, 0.29) is 29.7 Å². The van der Waals surface area contributed by atoms with E-state index in [4.69, 9.17) is 5.73 Å². The first-order valence-corrected chi connectivity index (χ1v) is 14.1. The summed E-state index contributed by atoms with van der Waals surface area (Å²) in [5.41, 5.74) is 5.27. The quantitative estimate of drug-likeness (QED) is 0.104. The Bertz CT molecular complexity index is 1640. The lowest BCUT2D eigenvalue weighted by atomic mass is 9.59. The molecule has 2 aromatic rings. The first kappa shape index (κ1) is 27.7. The molecule has 4 aliphatic carbocycles. The largest absolute Gasteiger partial charge is 0.508 e. The molecule has 4 aliphatic rings. The van der Waals surface area contributed by atoms with Crippen molar-refractivity contribution in [3.05, 3.63) is 75.6 Å². The van der Waals surface area contributed by atoms with E-state index >= 15 is 0 Å². The van der Waals surface area contributed by atoms with Crippen LogP contribution in [0.2, 0.25) is 0 Å². The molecule has 7 N–H and O–H groups in total. The summed E-state index contributed by atoms with van der Waals surface area (Å²) >= 11 is 0. The van der Waals surface area contributed by atoms with E-state index in [1.54, 1.807) is 6.07 Å². The molecule has 2 unspecified atom stereocenters. The molecule has 218 valence electrons. The molecule has 0 saturated heterocycles. The van der Waals surface area contributed by atoms with Gasteiger partial charge in [-0.05, 0) is 79.0 Å². The van der Waals surface area contributed by atoms with Crippen LogP contribution in [-0.4, -0.2) is 60.2 Å². The molecule has 0 spiro atoms. The second-order valence-electron chi connectivity index (χ2n) is 12.1. The third-order valence-corrected chi connectivity index (χ3v) is 9.73. The standard InChI is InChI=1S/C32H32N2O8/c1-34(42)21-4-2-3-16(12-21)17-6-5-15(9-17)10-18-7-8-23(35)26-22(18)13-19-11-20-14-24(36)27(31(33)40)30(39)32(20,41)29(38)25(19)28(26)37/h2-4,7-8,12,15,17,19-20,41H,1,5-6,9-11,13-14H2,(H5-,33,35,36,37,38,39,40,42)/p+1/t15?,17?,19-,20+,32+/m1/s1. The Kier molecular flexibility index (Phi) is 6.49. The summed E-state index contributed by atoms with van der Waals surface area (Å²) in [5, 5.41) is 54.0. The van der Waals surface area contributed by atoms with Crippen LogP contribution in [0.15, 0.2) is 53.3 Å². The maximum atomic E-state index is 13.7. The first-order chi connectivity index (χ1) is 19.9. The van der Waals surface area contributed by atoms with Crippen molar-refractivity contribution < 1.29 is 44.8 Å². The van der Waals surface area contributed by atoms with Crippen LogP contribution in [0.4, 0.5) is 5.69 Å². The molecular weight excluding hydrogens is 540 g/mol. The minimum absolute atomic E-state index is 0.105. The molecule has 5 atom stereocenters. The van der Waals surface area contributed by atoms with E-state index in [9.17, 15) is 40.0 Å². The number of aliphatic hydroxyl groups is 3. The molecule has 0 bridgehead atoms. The average molecular weight is 574 g/mol. The molecule has 10 nitrogen and oxygen atoms in total. The van der Waals surface area contributed by atoms with Gasteiger partial charge in [-0.25, -0.2) is 0 Å². The Morgan fingerprint density at radius 2 is 1.81 bits per heavy atom. The van der Waals surface area contributed by atoms with Gasteiger partial charge in [0.15, 0.2) is 18.1 Å². The normalized spacial score (nSPS) is 28.8. The smallest absolute Gasteiger partial charge is 0.256 e. The number of phenolic OH excluding ortho intramolecular Hbond substituents is 1. The van der Waals surface area contributed by atoms with Gasteiger partial charge in [0.2, 0.25) is 5.78 Å². The van der Waals surface area contributed by atoms with E-state index in [1.807, 2.05) is 24.3 Å². The number of amides is 1. The van der Waals surface area contributed by atoms with E-state index in [0.717, 1.165) is 40.7 Å². The lowest BCUT2D eigenvalue weighted by Crippen LogP contribution is -2.58. The lowest BCUT2D eigenvalue weighted by molar-refractivity contribution is -0.706. The molecule has 0 heterocycles. The number of nitrogens with zero attached hydrogens (tertiary/aromatic N) is 1. The molecule has 6 rings (SSSR count). The highest BCUT2D eigenvalue weighted by Gasteiger charge is 2.60. The Balaban J connectivity index is 1.32. The number of aliphatic hydroxyl groups excluding tert-OH is 2. The highest BCUT2D eigenvalue weighted by atomic mass is 16.5. The van der Waals surface area contributed by atoms with Gasteiger partial charge in [0.05, 0.1) is 5.56 Å². The zero-order valence-electron chi connectivity index (χ0n) is 22.9. The van der Waals surface area contributed by atoms with Crippen molar-refractivity contribution in [2.24, 2.45) is 23.5 Å². The van der Waals surface area contributed by atoms with Gasteiger partial charge < -0.3 is 26.2 Å². The average Bonchev–Trinajstić information content (AvgIpc) is 3.41. The summed E-state index contributed by atoms with van der Waals surface area (Å²) in [5.74, 6) is -5.65. The Labute approximate surface area is 241 Å². The summed E-state index contributed by atoms with van der Waals surface area (Å²) in [7, 11) is 0.